The zero-order valence-corrected chi connectivity index (χ0v) is 12.7. The molecule has 1 unspecified atom stereocenters. The lowest BCUT2D eigenvalue weighted by Crippen LogP contribution is -2.33. The van der Waals surface area contributed by atoms with Gasteiger partial charge in [0.15, 0.2) is 0 Å². The largest absolute Gasteiger partial charge is 0.314 e. The normalized spacial score (nSPS) is 12.6. The average Bonchev–Trinajstić information content (AvgIpc) is 2.78. The molecule has 1 aromatic carbocycles. The Hall–Kier alpha value is -0.970. The van der Waals surface area contributed by atoms with Crippen molar-refractivity contribution in [2.75, 3.05) is 6.54 Å². The molecule has 20 heavy (non-hydrogen) atoms. The van der Waals surface area contributed by atoms with E-state index in [1.165, 1.54) is 23.5 Å². The third-order valence-electron chi connectivity index (χ3n) is 3.05. The second-order valence-electron chi connectivity index (χ2n) is 4.60. The van der Waals surface area contributed by atoms with Crippen LogP contribution in [0.4, 0.5) is 8.78 Å². The van der Waals surface area contributed by atoms with Gasteiger partial charge in [-0.05, 0) is 43.1 Å². The summed E-state index contributed by atoms with van der Waals surface area (Å²) in [7, 11) is 0. The van der Waals surface area contributed by atoms with Crippen LogP contribution in [0.2, 0.25) is 4.34 Å². The van der Waals surface area contributed by atoms with Gasteiger partial charge in [0, 0.05) is 17.0 Å². The SMILES string of the molecule is CCNC(Cc1ccc(Cl)s1)Cc1ccc(F)cc1F. The van der Waals surface area contributed by atoms with Crippen LogP contribution in [0, 0.1) is 11.6 Å². The van der Waals surface area contributed by atoms with Crippen LogP contribution in [0.3, 0.4) is 0 Å². The molecule has 0 aliphatic rings. The first-order valence-electron chi connectivity index (χ1n) is 6.50. The zero-order valence-electron chi connectivity index (χ0n) is 11.1. The predicted octanol–water partition coefficient (Wildman–Crippen LogP) is 4.44. The van der Waals surface area contributed by atoms with Gasteiger partial charge >= 0.3 is 0 Å². The van der Waals surface area contributed by atoms with E-state index in [1.807, 2.05) is 19.1 Å². The van der Waals surface area contributed by atoms with E-state index in [0.717, 1.165) is 28.2 Å². The van der Waals surface area contributed by atoms with E-state index in [9.17, 15) is 8.78 Å². The van der Waals surface area contributed by atoms with Crippen molar-refractivity contribution in [2.24, 2.45) is 0 Å². The van der Waals surface area contributed by atoms with Crippen molar-refractivity contribution < 1.29 is 8.78 Å². The Morgan fingerprint density at radius 3 is 2.60 bits per heavy atom. The highest BCUT2D eigenvalue weighted by Gasteiger charge is 2.14. The van der Waals surface area contributed by atoms with Gasteiger partial charge in [0.05, 0.1) is 4.34 Å². The summed E-state index contributed by atoms with van der Waals surface area (Å²) >= 11 is 7.45. The summed E-state index contributed by atoms with van der Waals surface area (Å²) in [4.78, 5) is 1.16. The standard InChI is InChI=1S/C15H16ClF2NS/c1-2-19-12(9-13-5-6-15(16)20-13)7-10-3-4-11(17)8-14(10)18/h3-6,8,12,19H,2,7,9H2,1H3. The molecule has 0 saturated carbocycles. The summed E-state index contributed by atoms with van der Waals surface area (Å²) in [6.45, 7) is 2.81. The molecule has 2 rings (SSSR count). The van der Waals surface area contributed by atoms with Crippen LogP contribution in [-0.2, 0) is 12.8 Å². The molecule has 0 bridgehead atoms. The average molecular weight is 316 g/mol. The Morgan fingerprint density at radius 1 is 1.20 bits per heavy atom. The Balaban J connectivity index is 2.08. The maximum absolute atomic E-state index is 13.7. The summed E-state index contributed by atoms with van der Waals surface area (Å²) in [5.41, 5.74) is 0.528. The first-order chi connectivity index (χ1) is 9.58. The minimum Gasteiger partial charge on any atom is -0.314 e. The fraction of sp³-hybridized carbons (Fsp3) is 0.333. The maximum atomic E-state index is 13.7. The quantitative estimate of drug-likeness (QED) is 0.831. The second-order valence-corrected chi connectivity index (χ2v) is 6.40. The van der Waals surface area contributed by atoms with Crippen LogP contribution in [0.5, 0.6) is 0 Å². The first-order valence-corrected chi connectivity index (χ1v) is 7.69. The van der Waals surface area contributed by atoms with Crippen LogP contribution < -0.4 is 5.32 Å². The molecule has 0 saturated heterocycles. The van der Waals surface area contributed by atoms with Crippen LogP contribution in [0.1, 0.15) is 17.4 Å². The van der Waals surface area contributed by atoms with E-state index in [1.54, 1.807) is 0 Å². The number of rotatable bonds is 6. The van der Waals surface area contributed by atoms with Gasteiger partial charge in [-0.3, -0.25) is 0 Å². The van der Waals surface area contributed by atoms with Crippen molar-refractivity contribution in [3.63, 3.8) is 0 Å². The predicted molar refractivity (Wildman–Crippen MR) is 80.6 cm³/mol. The van der Waals surface area contributed by atoms with Gasteiger partial charge in [0.1, 0.15) is 11.6 Å². The molecular formula is C15H16ClF2NS. The molecule has 0 radical (unpaired) electrons. The van der Waals surface area contributed by atoms with Gasteiger partial charge in [-0.1, -0.05) is 24.6 Å². The lowest BCUT2D eigenvalue weighted by Gasteiger charge is -2.17. The van der Waals surface area contributed by atoms with Crippen LogP contribution in [0.15, 0.2) is 30.3 Å². The third kappa shape index (κ3) is 4.27. The first kappa shape index (κ1) is 15.4. The summed E-state index contributed by atoms with van der Waals surface area (Å²) in [5, 5.41) is 3.33. The molecule has 0 spiro atoms. The Bertz CT molecular complexity index is 571. The van der Waals surface area contributed by atoms with Crippen molar-refractivity contribution in [3.05, 3.63) is 56.7 Å². The molecule has 108 valence electrons. The van der Waals surface area contributed by atoms with E-state index in [4.69, 9.17) is 11.6 Å². The molecule has 0 fully saturated rings. The minimum atomic E-state index is -0.545. The van der Waals surface area contributed by atoms with E-state index in [0.29, 0.717) is 12.0 Å². The monoisotopic (exact) mass is 315 g/mol. The Morgan fingerprint density at radius 2 is 2.00 bits per heavy atom. The highest BCUT2D eigenvalue weighted by Crippen LogP contribution is 2.23. The molecule has 1 nitrogen and oxygen atoms in total. The topological polar surface area (TPSA) is 12.0 Å². The van der Waals surface area contributed by atoms with Crippen molar-refractivity contribution in [2.45, 2.75) is 25.8 Å². The molecule has 1 atom stereocenters. The van der Waals surface area contributed by atoms with Gasteiger partial charge in [-0.15, -0.1) is 11.3 Å². The smallest absolute Gasteiger partial charge is 0.129 e. The Labute approximate surface area is 126 Å². The summed E-state index contributed by atoms with van der Waals surface area (Å²) in [5.74, 6) is -1.03. The maximum Gasteiger partial charge on any atom is 0.129 e. The number of halogens is 3. The molecule has 1 heterocycles. The number of nitrogens with one attached hydrogen (secondary N) is 1. The summed E-state index contributed by atoms with van der Waals surface area (Å²) in [6.07, 6.45) is 1.30. The van der Waals surface area contributed by atoms with E-state index in [2.05, 4.69) is 5.32 Å². The minimum absolute atomic E-state index is 0.106. The van der Waals surface area contributed by atoms with Gasteiger partial charge in [-0.25, -0.2) is 8.78 Å². The molecule has 0 aliphatic heterocycles. The highest BCUT2D eigenvalue weighted by molar-refractivity contribution is 7.16. The van der Waals surface area contributed by atoms with Gasteiger partial charge in [-0.2, -0.15) is 0 Å². The number of likely N-dealkylation sites (N-methyl/N-ethyl adjacent to an activating group) is 1. The van der Waals surface area contributed by atoms with Crippen LogP contribution >= 0.6 is 22.9 Å². The summed E-state index contributed by atoms with van der Waals surface area (Å²) < 4.78 is 27.4. The van der Waals surface area contributed by atoms with Crippen molar-refractivity contribution >= 4 is 22.9 Å². The van der Waals surface area contributed by atoms with Crippen molar-refractivity contribution in [3.8, 4) is 0 Å². The van der Waals surface area contributed by atoms with Gasteiger partial charge in [0.2, 0.25) is 0 Å². The summed E-state index contributed by atoms with van der Waals surface area (Å²) in [6, 6.07) is 7.69. The molecule has 5 heteroatoms. The molecule has 0 aliphatic carbocycles. The third-order valence-corrected chi connectivity index (χ3v) is 4.30. The van der Waals surface area contributed by atoms with E-state index >= 15 is 0 Å². The lowest BCUT2D eigenvalue weighted by atomic mass is 10.0. The number of benzene rings is 1. The van der Waals surface area contributed by atoms with Crippen LogP contribution in [-0.4, -0.2) is 12.6 Å². The Kier molecular flexibility index (Phi) is 5.52. The lowest BCUT2D eigenvalue weighted by molar-refractivity contribution is 0.504. The number of hydrogen-bond acceptors (Lipinski definition) is 2. The van der Waals surface area contributed by atoms with E-state index in [-0.39, 0.29) is 6.04 Å². The molecule has 2 aromatic rings. The molecule has 0 amide bonds. The zero-order chi connectivity index (χ0) is 14.5. The molecule has 1 aromatic heterocycles. The van der Waals surface area contributed by atoms with E-state index < -0.39 is 11.6 Å². The van der Waals surface area contributed by atoms with Gasteiger partial charge in [0.25, 0.3) is 0 Å². The highest BCUT2D eigenvalue weighted by atomic mass is 35.5. The van der Waals surface area contributed by atoms with Crippen molar-refractivity contribution in [1.82, 2.24) is 5.32 Å². The van der Waals surface area contributed by atoms with Crippen LogP contribution in [0.25, 0.3) is 0 Å². The number of thiophene rings is 1. The fourth-order valence-electron chi connectivity index (χ4n) is 2.16. The van der Waals surface area contributed by atoms with Gasteiger partial charge < -0.3 is 5.32 Å². The number of hydrogen-bond donors (Lipinski definition) is 1. The second kappa shape index (κ2) is 7.16. The molecular weight excluding hydrogens is 300 g/mol. The fourth-order valence-corrected chi connectivity index (χ4v) is 3.33. The molecule has 1 N–H and O–H groups in total. The van der Waals surface area contributed by atoms with Crippen molar-refractivity contribution in [1.29, 1.82) is 0 Å².